The van der Waals surface area contributed by atoms with Crippen molar-refractivity contribution in [3.8, 4) is 17.0 Å². The van der Waals surface area contributed by atoms with Gasteiger partial charge in [0.25, 0.3) is 0 Å². The van der Waals surface area contributed by atoms with Gasteiger partial charge in [-0.25, -0.2) is 0 Å². The molecule has 0 saturated heterocycles. The van der Waals surface area contributed by atoms with E-state index < -0.39 is 0 Å². The van der Waals surface area contributed by atoms with Gasteiger partial charge in [-0.15, -0.1) is 34.9 Å². The Morgan fingerprint density at radius 2 is 1.79 bits per heavy atom. The molecule has 0 aliphatic rings. The van der Waals surface area contributed by atoms with E-state index in [-0.39, 0.29) is 31.6 Å². The zero-order valence-electron chi connectivity index (χ0n) is 17.6. The number of carbonyl (C=O) groups is 1. The monoisotopic (exact) mass is 569 g/mol. The van der Waals surface area contributed by atoms with Crippen molar-refractivity contribution in [1.29, 1.82) is 0 Å². The van der Waals surface area contributed by atoms with Gasteiger partial charge < -0.3 is 9.84 Å². The number of pyridine rings is 1. The first-order chi connectivity index (χ1) is 13.2. The average molecular weight is 569 g/mol. The first kappa shape index (κ1) is 24.5. The summed E-state index contributed by atoms with van der Waals surface area (Å²) in [7, 11) is 1.68. The van der Waals surface area contributed by atoms with E-state index in [4.69, 9.17) is 14.8 Å². The van der Waals surface area contributed by atoms with Crippen LogP contribution in [0, 0.1) is 26.8 Å². The molecule has 0 spiro atoms. The molecule has 2 aromatic carbocycles. The summed E-state index contributed by atoms with van der Waals surface area (Å²) in [5.41, 5.74) is 6.64. The topological polar surface area (TPSA) is 59.4 Å². The van der Waals surface area contributed by atoms with Gasteiger partial charge in [-0.05, 0) is 44.7 Å². The molecule has 0 unspecified atom stereocenters. The molecule has 1 heterocycles. The van der Waals surface area contributed by atoms with Gasteiger partial charge in [0.2, 0.25) is 0 Å². The predicted molar refractivity (Wildman–Crippen MR) is 114 cm³/mol. The molecule has 1 aromatic heterocycles. The maximum Gasteiger partial charge on any atom is 0.155 e. The standard InChI is InChI=1S/C19H18NO.C5H8O2.Ir/c1-12-5-7-17(13(2)9-12)19-14(3)10-15-11-16(21-4)6-8-18(15)20-19;1-4(6)3-5(2)7;/h5-6,8-11H,1-4H3;3,6H,1-2H3;/q-1;;/b;4-3-;. The number of aryl methyl sites for hydroxylation is 3. The van der Waals surface area contributed by atoms with Crippen LogP contribution in [0.25, 0.3) is 22.2 Å². The van der Waals surface area contributed by atoms with Gasteiger partial charge in [0.1, 0.15) is 5.75 Å². The SMILES string of the molecule is CC(=O)/C=C(/C)O.COc1ccc2nc(-c3[c-]cc(C)cc3C)c(C)cc2c1.[Ir]. The van der Waals surface area contributed by atoms with E-state index in [9.17, 15) is 4.79 Å². The molecular formula is C24H26IrNO3-. The van der Waals surface area contributed by atoms with Crippen molar-refractivity contribution in [2.45, 2.75) is 34.6 Å². The second kappa shape index (κ2) is 10.9. The fraction of sp³-hybridized carbons (Fsp3) is 0.250. The maximum absolute atomic E-state index is 10.0. The third-order valence-electron chi connectivity index (χ3n) is 4.14. The fourth-order valence-electron chi connectivity index (χ4n) is 2.94. The maximum atomic E-state index is 10.0. The van der Waals surface area contributed by atoms with Crippen molar-refractivity contribution in [1.82, 2.24) is 4.98 Å². The van der Waals surface area contributed by atoms with Gasteiger partial charge in [-0.1, -0.05) is 25.5 Å². The van der Waals surface area contributed by atoms with Crippen LogP contribution in [0.15, 0.2) is 48.2 Å². The fourth-order valence-corrected chi connectivity index (χ4v) is 2.94. The number of ketones is 1. The van der Waals surface area contributed by atoms with E-state index in [2.05, 4.69) is 39.0 Å². The molecule has 0 aliphatic carbocycles. The number of rotatable bonds is 3. The number of ether oxygens (including phenoxy) is 1. The Labute approximate surface area is 186 Å². The van der Waals surface area contributed by atoms with Crippen molar-refractivity contribution >= 4 is 16.7 Å². The molecule has 5 heteroatoms. The molecular weight excluding hydrogens is 542 g/mol. The van der Waals surface area contributed by atoms with Crippen LogP contribution in [-0.4, -0.2) is 23.0 Å². The number of hydrogen-bond acceptors (Lipinski definition) is 4. The van der Waals surface area contributed by atoms with Crippen molar-refractivity contribution < 1.29 is 34.7 Å². The Morgan fingerprint density at radius 3 is 2.31 bits per heavy atom. The van der Waals surface area contributed by atoms with Crippen LogP contribution in [0.1, 0.15) is 30.5 Å². The number of nitrogens with zero attached hydrogens (tertiary/aromatic N) is 1. The quantitative estimate of drug-likeness (QED) is 0.251. The first-order valence-corrected chi connectivity index (χ1v) is 9.03. The van der Waals surface area contributed by atoms with Gasteiger partial charge in [-0.3, -0.25) is 9.78 Å². The predicted octanol–water partition coefficient (Wildman–Crippen LogP) is 5.67. The van der Waals surface area contributed by atoms with Crippen molar-refractivity contribution in [2.75, 3.05) is 7.11 Å². The van der Waals surface area contributed by atoms with Crippen LogP contribution >= 0.6 is 0 Å². The van der Waals surface area contributed by atoms with Gasteiger partial charge >= 0.3 is 0 Å². The summed E-state index contributed by atoms with van der Waals surface area (Å²) in [6, 6.07) is 15.7. The number of hydrogen-bond donors (Lipinski definition) is 1. The smallest absolute Gasteiger partial charge is 0.155 e. The van der Waals surface area contributed by atoms with E-state index in [0.717, 1.165) is 33.5 Å². The number of methoxy groups -OCH3 is 1. The van der Waals surface area contributed by atoms with E-state index >= 15 is 0 Å². The molecule has 3 aromatic rings. The summed E-state index contributed by atoms with van der Waals surface area (Å²) in [5, 5.41) is 9.46. The second-order valence-electron chi connectivity index (χ2n) is 6.84. The minimum Gasteiger partial charge on any atom is -0.512 e. The van der Waals surface area contributed by atoms with E-state index in [1.807, 2.05) is 24.3 Å². The summed E-state index contributed by atoms with van der Waals surface area (Å²) in [6.45, 7) is 9.13. The molecule has 1 N–H and O–H groups in total. The summed E-state index contributed by atoms with van der Waals surface area (Å²) in [4.78, 5) is 14.8. The molecule has 0 amide bonds. The summed E-state index contributed by atoms with van der Waals surface area (Å²) >= 11 is 0. The molecule has 29 heavy (non-hydrogen) atoms. The molecule has 4 nitrogen and oxygen atoms in total. The van der Waals surface area contributed by atoms with Gasteiger partial charge in [0.15, 0.2) is 5.78 Å². The van der Waals surface area contributed by atoms with Crippen LogP contribution in [0.3, 0.4) is 0 Å². The van der Waals surface area contributed by atoms with Crippen LogP contribution in [0.5, 0.6) is 5.75 Å². The van der Waals surface area contributed by atoms with Crippen molar-refractivity contribution in [3.05, 3.63) is 71.0 Å². The van der Waals surface area contributed by atoms with Crippen LogP contribution < -0.4 is 4.74 Å². The summed E-state index contributed by atoms with van der Waals surface area (Å²) in [5.74, 6) is 0.794. The van der Waals surface area contributed by atoms with Gasteiger partial charge in [0, 0.05) is 31.6 Å². The zero-order valence-corrected chi connectivity index (χ0v) is 20.0. The largest absolute Gasteiger partial charge is 0.512 e. The molecule has 1 radical (unpaired) electrons. The Balaban J connectivity index is 0.000000456. The minimum absolute atomic E-state index is 0. The number of fused-ring (bicyclic) bond motifs is 1. The molecule has 0 aliphatic heterocycles. The Kier molecular flexibility index (Phi) is 9.22. The molecule has 0 fully saturated rings. The number of benzene rings is 2. The molecule has 3 rings (SSSR count). The van der Waals surface area contributed by atoms with Crippen LogP contribution in [0.2, 0.25) is 0 Å². The average Bonchev–Trinajstić information content (AvgIpc) is 2.60. The van der Waals surface area contributed by atoms with Crippen molar-refractivity contribution in [3.63, 3.8) is 0 Å². The second-order valence-corrected chi connectivity index (χ2v) is 6.84. The molecule has 0 bridgehead atoms. The van der Waals surface area contributed by atoms with Crippen molar-refractivity contribution in [2.24, 2.45) is 0 Å². The third kappa shape index (κ3) is 6.81. The summed E-state index contributed by atoms with van der Waals surface area (Å²) < 4.78 is 5.28. The molecule has 0 atom stereocenters. The Hall–Kier alpha value is -2.49. The minimum atomic E-state index is -0.125. The number of aliphatic hydroxyl groups excluding tert-OH is 1. The first-order valence-electron chi connectivity index (χ1n) is 9.03. The van der Waals surface area contributed by atoms with Gasteiger partial charge in [0.05, 0.1) is 18.4 Å². The van der Waals surface area contributed by atoms with E-state index in [0.29, 0.717) is 0 Å². The number of carbonyl (C=O) groups excluding carboxylic acids is 1. The van der Waals surface area contributed by atoms with E-state index in [1.165, 1.54) is 31.1 Å². The normalized spacial score (nSPS) is 10.6. The Morgan fingerprint density at radius 1 is 1.10 bits per heavy atom. The van der Waals surface area contributed by atoms with Gasteiger partial charge in [-0.2, -0.15) is 0 Å². The molecule has 0 saturated carbocycles. The summed E-state index contributed by atoms with van der Waals surface area (Å²) in [6.07, 6.45) is 1.17. The molecule has 155 valence electrons. The third-order valence-corrected chi connectivity index (χ3v) is 4.14. The Bertz CT molecular complexity index is 1040. The number of aromatic nitrogens is 1. The number of allylic oxidation sites excluding steroid dienone is 2. The zero-order chi connectivity index (χ0) is 20.8. The van der Waals surface area contributed by atoms with Crippen LogP contribution in [0.4, 0.5) is 0 Å². The number of aliphatic hydroxyl groups is 1. The van der Waals surface area contributed by atoms with E-state index in [1.54, 1.807) is 7.11 Å². The van der Waals surface area contributed by atoms with Crippen LogP contribution in [-0.2, 0) is 24.9 Å².